The summed E-state index contributed by atoms with van der Waals surface area (Å²) in [4.78, 5) is 36.2. The molecule has 0 bridgehead atoms. The number of esters is 1. The maximum Gasteiger partial charge on any atom is 0.316 e. The Morgan fingerprint density at radius 2 is 1.86 bits per heavy atom. The van der Waals surface area contributed by atoms with E-state index < -0.39 is 10.3 Å². The van der Waals surface area contributed by atoms with Crippen molar-refractivity contribution in [1.29, 1.82) is 0 Å². The third kappa shape index (κ3) is 3.65. The highest BCUT2D eigenvalue weighted by Crippen LogP contribution is 2.55. The van der Waals surface area contributed by atoms with Crippen LogP contribution >= 0.6 is 0 Å². The predicted octanol–water partition coefficient (Wildman–Crippen LogP) is 1.64. The van der Waals surface area contributed by atoms with Gasteiger partial charge in [-0.3, -0.25) is 19.8 Å². The van der Waals surface area contributed by atoms with E-state index in [-0.39, 0.29) is 17.6 Å². The lowest BCUT2D eigenvalue weighted by molar-refractivity contribution is -0.384. The normalized spacial score (nSPS) is 24.2. The summed E-state index contributed by atoms with van der Waals surface area (Å²) < 4.78 is 5.09. The molecule has 1 aliphatic carbocycles. The highest BCUT2D eigenvalue weighted by molar-refractivity contribution is 5.87. The molecule has 2 aromatic rings. The summed E-state index contributed by atoms with van der Waals surface area (Å²) in [7, 11) is 1.39. The molecule has 2 aliphatic rings. The maximum atomic E-state index is 12.6. The number of nitro groups is 1. The Balaban J connectivity index is 1.41. The van der Waals surface area contributed by atoms with Crippen LogP contribution in [0, 0.1) is 16.0 Å². The second kappa shape index (κ2) is 7.75. The second-order valence-electron chi connectivity index (χ2n) is 7.50. The largest absolute Gasteiger partial charge is 0.468 e. The third-order valence-corrected chi connectivity index (χ3v) is 5.93. The van der Waals surface area contributed by atoms with Gasteiger partial charge in [0.2, 0.25) is 5.95 Å². The van der Waals surface area contributed by atoms with E-state index in [1.807, 2.05) is 0 Å². The van der Waals surface area contributed by atoms with Gasteiger partial charge in [-0.15, -0.1) is 0 Å². The van der Waals surface area contributed by atoms with E-state index in [0.29, 0.717) is 6.42 Å². The maximum absolute atomic E-state index is 12.6. The van der Waals surface area contributed by atoms with Gasteiger partial charge in [-0.2, -0.15) is 0 Å². The number of nitro benzene ring substituents is 1. The summed E-state index contributed by atoms with van der Waals surface area (Å²) in [6.07, 6.45) is 4.18. The van der Waals surface area contributed by atoms with Crippen molar-refractivity contribution in [2.45, 2.75) is 11.8 Å². The number of benzene rings is 1. The van der Waals surface area contributed by atoms with Crippen LogP contribution in [0.4, 0.5) is 11.6 Å². The summed E-state index contributed by atoms with van der Waals surface area (Å²) in [5.74, 6) is 0.608. The first-order chi connectivity index (χ1) is 14.0. The van der Waals surface area contributed by atoms with Crippen LogP contribution < -0.4 is 4.90 Å². The van der Waals surface area contributed by atoms with E-state index in [9.17, 15) is 14.9 Å². The van der Waals surface area contributed by atoms with E-state index in [2.05, 4.69) is 19.8 Å². The SMILES string of the molecule is COC(=O)[C@]1(c2ccc([N+](=O)[O-])cc2)C[C@@H]1CN1CCN(c2ncccn2)CC1. The molecule has 0 spiro atoms. The van der Waals surface area contributed by atoms with Crippen LogP contribution in [0.1, 0.15) is 12.0 Å². The molecule has 2 atom stereocenters. The number of carbonyl (C=O) groups excluding carboxylic acids is 1. The smallest absolute Gasteiger partial charge is 0.316 e. The van der Waals surface area contributed by atoms with Crippen LogP contribution in [0.5, 0.6) is 0 Å². The zero-order chi connectivity index (χ0) is 20.4. The molecule has 1 aliphatic heterocycles. The number of hydrogen-bond acceptors (Lipinski definition) is 8. The molecule has 1 saturated heterocycles. The second-order valence-corrected chi connectivity index (χ2v) is 7.50. The van der Waals surface area contributed by atoms with Crippen LogP contribution in [0.3, 0.4) is 0 Å². The van der Waals surface area contributed by atoms with Crippen LogP contribution in [0.25, 0.3) is 0 Å². The lowest BCUT2D eigenvalue weighted by Gasteiger charge is -2.35. The van der Waals surface area contributed by atoms with Gasteiger partial charge in [0.1, 0.15) is 0 Å². The Labute approximate surface area is 168 Å². The molecule has 0 unspecified atom stereocenters. The molecule has 1 aromatic heterocycles. The van der Waals surface area contributed by atoms with Gasteiger partial charge in [0.05, 0.1) is 17.4 Å². The standard InChI is InChI=1S/C20H23N5O4/c1-29-18(26)20(15-3-5-17(6-4-15)25(27)28)13-16(20)14-23-9-11-24(12-10-23)19-21-7-2-8-22-19/h2-8,16H,9-14H2,1H3/t16-,20+/m1/s1. The Hall–Kier alpha value is -3.07. The number of aromatic nitrogens is 2. The topological polar surface area (TPSA) is 102 Å². The van der Waals surface area contributed by atoms with Crippen LogP contribution in [0.2, 0.25) is 0 Å². The van der Waals surface area contributed by atoms with Crippen LogP contribution in [-0.2, 0) is 14.9 Å². The lowest BCUT2D eigenvalue weighted by Crippen LogP contribution is -2.48. The Morgan fingerprint density at radius 3 is 2.45 bits per heavy atom. The monoisotopic (exact) mass is 397 g/mol. The van der Waals surface area contributed by atoms with Gasteiger partial charge in [-0.05, 0) is 24.0 Å². The zero-order valence-corrected chi connectivity index (χ0v) is 16.2. The van der Waals surface area contributed by atoms with Crippen molar-refractivity contribution in [3.8, 4) is 0 Å². The number of nitrogens with zero attached hydrogens (tertiary/aromatic N) is 5. The fraction of sp³-hybridized carbons (Fsp3) is 0.450. The summed E-state index contributed by atoms with van der Waals surface area (Å²) in [6, 6.07) is 8.07. The number of rotatable bonds is 6. The molecule has 4 rings (SSSR count). The molecule has 0 radical (unpaired) electrons. The highest BCUT2D eigenvalue weighted by Gasteiger charge is 2.62. The average Bonchev–Trinajstić information content (AvgIpc) is 3.49. The predicted molar refractivity (Wildman–Crippen MR) is 106 cm³/mol. The fourth-order valence-electron chi connectivity index (χ4n) is 4.23. The van der Waals surface area contributed by atoms with E-state index in [1.165, 1.54) is 19.2 Å². The molecule has 9 nitrogen and oxygen atoms in total. The lowest BCUT2D eigenvalue weighted by atomic mass is 9.92. The van der Waals surface area contributed by atoms with E-state index in [1.54, 1.807) is 30.6 Å². The number of non-ortho nitro benzene ring substituents is 1. The summed E-state index contributed by atoms with van der Waals surface area (Å²) >= 11 is 0. The van der Waals surface area contributed by atoms with Gasteiger partial charge in [-0.25, -0.2) is 9.97 Å². The Kier molecular flexibility index (Phi) is 5.14. The first-order valence-corrected chi connectivity index (χ1v) is 9.62. The Bertz CT molecular complexity index is 884. The van der Waals surface area contributed by atoms with Crippen molar-refractivity contribution in [3.63, 3.8) is 0 Å². The minimum atomic E-state index is -0.705. The highest BCUT2D eigenvalue weighted by atomic mass is 16.6. The van der Waals surface area contributed by atoms with Gasteiger partial charge in [-0.1, -0.05) is 12.1 Å². The van der Waals surface area contributed by atoms with Crippen molar-refractivity contribution in [3.05, 3.63) is 58.4 Å². The van der Waals surface area contributed by atoms with Gasteiger partial charge < -0.3 is 9.64 Å². The molecule has 152 valence electrons. The van der Waals surface area contributed by atoms with Crippen molar-refractivity contribution in [2.24, 2.45) is 5.92 Å². The minimum absolute atomic E-state index is 0.0187. The summed E-state index contributed by atoms with van der Waals surface area (Å²) in [6.45, 7) is 4.19. The van der Waals surface area contributed by atoms with Crippen molar-refractivity contribution in [2.75, 3.05) is 44.7 Å². The molecule has 1 saturated carbocycles. The molecule has 2 heterocycles. The fourth-order valence-corrected chi connectivity index (χ4v) is 4.23. The minimum Gasteiger partial charge on any atom is -0.468 e. The van der Waals surface area contributed by atoms with Gasteiger partial charge in [0.25, 0.3) is 5.69 Å². The molecular weight excluding hydrogens is 374 g/mol. The van der Waals surface area contributed by atoms with Crippen molar-refractivity contribution < 1.29 is 14.5 Å². The van der Waals surface area contributed by atoms with Crippen molar-refractivity contribution in [1.82, 2.24) is 14.9 Å². The molecular formula is C20H23N5O4. The number of carbonyl (C=O) groups is 1. The third-order valence-electron chi connectivity index (χ3n) is 5.93. The van der Waals surface area contributed by atoms with Crippen molar-refractivity contribution >= 4 is 17.6 Å². The molecule has 0 amide bonds. The van der Waals surface area contributed by atoms with Crippen LogP contribution in [-0.4, -0.2) is 65.6 Å². The molecule has 1 aromatic carbocycles. The first-order valence-electron chi connectivity index (χ1n) is 9.62. The van der Waals surface area contributed by atoms with E-state index in [0.717, 1.165) is 44.2 Å². The number of hydrogen-bond donors (Lipinski definition) is 0. The number of piperazine rings is 1. The molecule has 9 heteroatoms. The van der Waals surface area contributed by atoms with E-state index in [4.69, 9.17) is 4.74 Å². The summed E-state index contributed by atoms with van der Waals surface area (Å²) in [5.41, 5.74) is 0.102. The number of anilines is 1. The molecule has 0 N–H and O–H groups in total. The number of methoxy groups -OCH3 is 1. The first kappa shape index (κ1) is 19.3. The molecule has 29 heavy (non-hydrogen) atoms. The average molecular weight is 397 g/mol. The van der Waals surface area contributed by atoms with Gasteiger partial charge >= 0.3 is 5.97 Å². The van der Waals surface area contributed by atoms with Gasteiger partial charge in [0, 0.05) is 57.3 Å². The van der Waals surface area contributed by atoms with Gasteiger partial charge in [0.15, 0.2) is 0 Å². The quantitative estimate of drug-likeness (QED) is 0.412. The number of ether oxygens (including phenoxy) is 1. The van der Waals surface area contributed by atoms with Crippen LogP contribution in [0.15, 0.2) is 42.7 Å². The summed E-state index contributed by atoms with van der Waals surface area (Å²) in [5, 5.41) is 10.9. The zero-order valence-electron chi connectivity index (χ0n) is 16.2. The molecule has 2 fully saturated rings. The van der Waals surface area contributed by atoms with E-state index >= 15 is 0 Å². The Morgan fingerprint density at radius 1 is 1.21 bits per heavy atom.